The summed E-state index contributed by atoms with van der Waals surface area (Å²) < 4.78 is 23.2. The number of amides is 1. The average Bonchev–Trinajstić information content (AvgIpc) is 3.27. The number of sulfone groups is 1. The van der Waals surface area contributed by atoms with Crippen molar-refractivity contribution >= 4 is 21.7 Å². The molecular formula is C15H19NO5S. The van der Waals surface area contributed by atoms with Crippen molar-refractivity contribution in [3.63, 3.8) is 0 Å². The van der Waals surface area contributed by atoms with Gasteiger partial charge in [-0.1, -0.05) is 13.0 Å². The third kappa shape index (κ3) is 3.85. The average molecular weight is 325 g/mol. The van der Waals surface area contributed by atoms with Crippen molar-refractivity contribution in [3.05, 3.63) is 29.8 Å². The molecule has 0 heterocycles. The predicted molar refractivity (Wildman–Crippen MR) is 80.4 cm³/mol. The molecule has 1 aromatic carbocycles. The molecule has 0 spiro atoms. The first kappa shape index (κ1) is 16.5. The predicted octanol–water partition coefficient (Wildman–Crippen LogP) is 1.42. The Kier molecular flexibility index (Phi) is 4.55. The van der Waals surface area contributed by atoms with Gasteiger partial charge in [-0.25, -0.2) is 8.42 Å². The molecule has 6 nitrogen and oxygen atoms in total. The fourth-order valence-electron chi connectivity index (χ4n) is 2.18. The van der Waals surface area contributed by atoms with Crippen LogP contribution in [0.5, 0.6) is 0 Å². The highest BCUT2D eigenvalue weighted by molar-refractivity contribution is 7.90. The topological polar surface area (TPSA) is 91.8 Å². The summed E-state index contributed by atoms with van der Waals surface area (Å²) in [5.41, 5.74) is 0.271. The van der Waals surface area contributed by atoms with Crippen molar-refractivity contribution in [3.8, 4) is 0 Å². The van der Waals surface area contributed by atoms with Crippen LogP contribution in [-0.4, -0.2) is 49.1 Å². The van der Waals surface area contributed by atoms with E-state index in [2.05, 4.69) is 0 Å². The van der Waals surface area contributed by atoms with E-state index >= 15 is 0 Å². The van der Waals surface area contributed by atoms with E-state index in [4.69, 9.17) is 5.11 Å². The zero-order valence-corrected chi connectivity index (χ0v) is 13.3. The van der Waals surface area contributed by atoms with Crippen LogP contribution in [0.25, 0.3) is 0 Å². The van der Waals surface area contributed by atoms with Crippen LogP contribution < -0.4 is 0 Å². The van der Waals surface area contributed by atoms with Crippen LogP contribution in [0.1, 0.15) is 30.1 Å². The zero-order chi connectivity index (χ0) is 16.5. The van der Waals surface area contributed by atoms with Gasteiger partial charge in [-0.05, 0) is 31.0 Å². The van der Waals surface area contributed by atoms with Crippen LogP contribution in [0.15, 0.2) is 29.2 Å². The van der Waals surface area contributed by atoms with Gasteiger partial charge in [-0.2, -0.15) is 0 Å². The van der Waals surface area contributed by atoms with Crippen LogP contribution in [0.4, 0.5) is 0 Å². The van der Waals surface area contributed by atoms with Crippen molar-refractivity contribution < 1.29 is 23.1 Å². The Labute approximate surface area is 129 Å². The number of benzene rings is 1. The number of carboxylic acids is 1. The fraction of sp³-hybridized carbons (Fsp3) is 0.467. The van der Waals surface area contributed by atoms with E-state index in [9.17, 15) is 18.0 Å². The standard InChI is InChI=1S/C15H19NO5S/c1-10(15(18)19)9-16(12-6-7-12)14(17)11-4-3-5-13(8-11)22(2,20)21/h3-5,8,10,12H,6-7,9H2,1-2H3,(H,18,19). The van der Waals surface area contributed by atoms with Gasteiger partial charge in [0.25, 0.3) is 5.91 Å². The quantitative estimate of drug-likeness (QED) is 0.854. The van der Waals surface area contributed by atoms with Gasteiger partial charge in [0.2, 0.25) is 0 Å². The number of aliphatic carboxylic acids is 1. The van der Waals surface area contributed by atoms with Crippen molar-refractivity contribution in [2.75, 3.05) is 12.8 Å². The van der Waals surface area contributed by atoms with Gasteiger partial charge < -0.3 is 10.0 Å². The molecule has 1 aliphatic carbocycles. The van der Waals surface area contributed by atoms with Crippen molar-refractivity contribution in [2.45, 2.75) is 30.7 Å². The summed E-state index contributed by atoms with van der Waals surface area (Å²) in [6.45, 7) is 1.68. The van der Waals surface area contributed by atoms with Crippen molar-refractivity contribution in [1.82, 2.24) is 4.90 Å². The zero-order valence-electron chi connectivity index (χ0n) is 12.5. The highest BCUT2D eigenvalue weighted by Crippen LogP contribution is 2.29. The summed E-state index contributed by atoms with van der Waals surface area (Å²) in [7, 11) is -3.39. The number of carbonyl (C=O) groups is 2. The van der Waals surface area contributed by atoms with Crippen LogP contribution >= 0.6 is 0 Å². The molecule has 1 N–H and O–H groups in total. The van der Waals surface area contributed by atoms with Gasteiger partial charge >= 0.3 is 5.97 Å². The summed E-state index contributed by atoms with van der Waals surface area (Å²) in [4.78, 5) is 25.2. The number of carboxylic acid groups (broad SMARTS) is 1. The number of rotatable bonds is 6. The van der Waals surface area contributed by atoms with Crippen molar-refractivity contribution in [1.29, 1.82) is 0 Å². The largest absolute Gasteiger partial charge is 0.481 e. The molecule has 1 saturated carbocycles. The second-order valence-corrected chi connectivity index (χ2v) is 7.74. The number of nitrogens with zero attached hydrogens (tertiary/aromatic N) is 1. The van der Waals surface area contributed by atoms with Crippen LogP contribution in [0.2, 0.25) is 0 Å². The van der Waals surface area contributed by atoms with Gasteiger partial charge in [0.05, 0.1) is 10.8 Å². The number of carbonyl (C=O) groups excluding carboxylic acids is 1. The smallest absolute Gasteiger partial charge is 0.308 e. The number of hydrogen-bond donors (Lipinski definition) is 1. The molecule has 0 saturated heterocycles. The van der Waals surface area contributed by atoms with E-state index in [1.54, 1.807) is 17.9 Å². The Hall–Kier alpha value is -1.89. The number of hydrogen-bond acceptors (Lipinski definition) is 4. The second kappa shape index (κ2) is 6.08. The van der Waals surface area contributed by atoms with E-state index in [0.717, 1.165) is 19.1 Å². The lowest BCUT2D eigenvalue weighted by atomic mass is 10.1. The maximum absolute atomic E-state index is 12.6. The lowest BCUT2D eigenvalue weighted by Crippen LogP contribution is -2.38. The molecule has 0 radical (unpaired) electrons. The first-order valence-corrected chi connectivity index (χ1v) is 8.93. The molecule has 1 aliphatic rings. The third-order valence-corrected chi connectivity index (χ3v) is 4.76. The van der Waals surface area contributed by atoms with Gasteiger partial charge in [-0.3, -0.25) is 9.59 Å². The molecular weight excluding hydrogens is 306 g/mol. The van der Waals surface area contributed by atoms with E-state index in [1.165, 1.54) is 18.2 Å². The highest BCUT2D eigenvalue weighted by Gasteiger charge is 2.35. The minimum absolute atomic E-state index is 0.0520. The fourth-order valence-corrected chi connectivity index (χ4v) is 2.85. The summed E-state index contributed by atoms with van der Waals surface area (Å²) >= 11 is 0. The van der Waals surface area contributed by atoms with Gasteiger partial charge in [0, 0.05) is 24.4 Å². The van der Waals surface area contributed by atoms with Gasteiger partial charge in [0.15, 0.2) is 9.84 Å². The lowest BCUT2D eigenvalue weighted by molar-refractivity contribution is -0.141. The molecule has 22 heavy (non-hydrogen) atoms. The summed E-state index contributed by atoms with van der Waals surface area (Å²) in [5, 5.41) is 9.02. The Bertz CT molecular complexity index is 694. The molecule has 7 heteroatoms. The molecule has 2 rings (SSSR count). The molecule has 1 amide bonds. The summed E-state index contributed by atoms with van der Waals surface area (Å²) in [5.74, 6) is -1.94. The Morgan fingerprint density at radius 2 is 2.00 bits per heavy atom. The van der Waals surface area contributed by atoms with E-state index in [1.807, 2.05) is 0 Å². The maximum Gasteiger partial charge on any atom is 0.308 e. The Morgan fingerprint density at radius 1 is 1.36 bits per heavy atom. The summed E-state index contributed by atoms with van der Waals surface area (Å²) in [6.07, 6.45) is 2.79. The van der Waals surface area contributed by atoms with Crippen molar-refractivity contribution in [2.24, 2.45) is 5.92 Å². The monoisotopic (exact) mass is 325 g/mol. The molecule has 1 aromatic rings. The maximum atomic E-state index is 12.6. The molecule has 1 atom stereocenters. The van der Waals surface area contributed by atoms with Crippen LogP contribution in [0.3, 0.4) is 0 Å². The minimum Gasteiger partial charge on any atom is -0.481 e. The van der Waals surface area contributed by atoms with Gasteiger partial charge in [-0.15, -0.1) is 0 Å². The van der Waals surface area contributed by atoms with Gasteiger partial charge in [0.1, 0.15) is 0 Å². The SMILES string of the molecule is CC(CN(C(=O)c1cccc(S(C)(=O)=O)c1)C1CC1)C(=O)O. The minimum atomic E-state index is -3.39. The van der Waals surface area contributed by atoms with E-state index in [-0.39, 0.29) is 29.0 Å². The third-order valence-electron chi connectivity index (χ3n) is 3.65. The van der Waals surface area contributed by atoms with E-state index < -0.39 is 21.7 Å². The van der Waals surface area contributed by atoms with Crippen LogP contribution in [-0.2, 0) is 14.6 Å². The lowest BCUT2D eigenvalue weighted by Gasteiger charge is -2.24. The Morgan fingerprint density at radius 3 is 2.50 bits per heavy atom. The first-order valence-electron chi connectivity index (χ1n) is 7.04. The molecule has 0 aliphatic heterocycles. The molecule has 1 fully saturated rings. The molecule has 0 bridgehead atoms. The highest BCUT2D eigenvalue weighted by atomic mass is 32.2. The van der Waals surface area contributed by atoms with E-state index in [0.29, 0.717) is 0 Å². The van der Waals surface area contributed by atoms with Crippen LogP contribution in [0, 0.1) is 5.92 Å². The first-order chi connectivity index (χ1) is 10.2. The Balaban J connectivity index is 2.26. The molecule has 1 unspecified atom stereocenters. The second-order valence-electron chi connectivity index (χ2n) is 5.73. The summed E-state index contributed by atoms with van der Waals surface area (Å²) in [6, 6.07) is 5.91. The molecule has 120 valence electrons. The normalized spacial score (nSPS) is 16.1. The molecule has 0 aromatic heterocycles.